The van der Waals surface area contributed by atoms with Gasteiger partial charge in [-0.05, 0) is 55.6 Å². The van der Waals surface area contributed by atoms with Gasteiger partial charge in [0.05, 0.1) is 13.6 Å². The van der Waals surface area contributed by atoms with Crippen molar-refractivity contribution in [1.82, 2.24) is 0 Å². The highest BCUT2D eigenvalue weighted by Crippen LogP contribution is 2.35. The molecule has 96 valence electrons. The number of Topliss-reactive ketones (excluding diaryl/α,β-unsaturated/α-hetero) is 1. The molecule has 0 bridgehead atoms. The van der Waals surface area contributed by atoms with Gasteiger partial charge in [0.15, 0.2) is 5.78 Å². The summed E-state index contributed by atoms with van der Waals surface area (Å²) in [6, 6.07) is 11.0. The number of carbonyl (C=O) groups is 1. The third kappa shape index (κ3) is 3.34. The minimum absolute atomic E-state index is 0.196. The topological polar surface area (TPSA) is 40.9 Å². The number of halogens is 3. The van der Waals surface area contributed by atoms with Crippen LogP contribution in [0.3, 0.4) is 0 Å². The molecule has 2 nitrogen and oxygen atoms in total. The lowest BCUT2D eigenvalue weighted by atomic mass is 9.93. The number of nitrogens with zero attached hydrogens (tertiary/aromatic N) is 1. The second kappa shape index (κ2) is 6.31. The van der Waals surface area contributed by atoms with Crippen LogP contribution in [0, 0.1) is 11.3 Å². The molecule has 0 saturated carbocycles. The monoisotopic (exact) mass is 461 g/mol. The summed E-state index contributed by atoms with van der Waals surface area (Å²) in [4.78, 5) is 12.4. The van der Waals surface area contributed by atoms with E-state index in [0.29, 0.717) is 11.1 Å². The third-order valence-corrected chi connectivity index (χ3v) is 5.38. The largest absolute Gasteiger partial charge is 0.292 e. The smallest absolute Gasteiger partial charge is 0.186 e. The van der Waals surface area contributed by atoms with Crippen LogP contribution in [0.4, 0.5) is 0 Å². The van der Waals surface area contributed by atoms with Gasteiger partial charge in [0.25, 0.3) is 0 Å². The molecule has 2 aromatic rings. The highest BCUT2D eigenvalue weighted by Gasteiger charge is 2.24. The molecule has 1 aromatic heterocycles. The van der Waals surface area contributed by atoms with Crippen molar-refractivity contribution in [3.63, 3.8) is 0 Å². The van der Waals surface area contributed by atoms with Gasteiger partial charge in [-0.25, -0.2) is 0 Å². The van der Waals surface area contributed by atoms with Crippen molar-refractivity contribution < 1.29 is 4.79 Å². The Morgan fingerprint density at radius 1 is 1.21 bits per heavy atom. The van der Waals surface area contributed by atoms with Crippen LogP contribution in [-0.2, 0) is 0 Å². The lowest BCUT2D eigenvalue weighted by Gasteiger charge is -2.08. The van der Waals surface area contributed by atoms with Gasteiger partial charge in [0.1, 0.15) is 5.92 Å². The van der Waals surface area contributed by atoms with Crippen LogP contribution in [0.25, 0.3) is 0 Å². The number of nitriles is 1. The molecule has 0 aliphatic rings. The number of hydrogen-bond donors (Lipinski definition) is 0. The predicted molar refractivity (Wildman–Crippen MR) is 86.5 cm³/mol. The average Bonchev–Trinajstić information content (AvgIpc) is 2.71. The highest BCUT2D eigenvalue weighted by atomic mass is 79.9. The van der Waals surface area contributed by atoms with E-state index < -0.39 is 5.92 Å². The Hall–Kier alpha value is -0.480. The number of carbonyl (C=O) groups excluding carboxylic acids is 1. The summed E-state index contributed by atoms with van der Waals surface area (Å²) in [5.41, 5.74) is 1.23. The molecule has 2 rings (SSSR count). The van der Waals surface area contributed by atoms with E-state index in [9.17, 15) is 10.1 Å². The summed E-state index contributed by atoms with van der Waals surface area (Å²) >= 11 is 11.4. The number of thiophene rings is 1. The Kier molecular flexibility index (Phi) is 4.96. The summed E-state index contributed by atoms with van der Waals surface area (Å²) in [6.45, 7) is 0. The van der Waals surface area contributed by atoms with Crippen LogP contribution in [0.15, 0.2) is 42.4 Å². The van der Waals surface area contributed by atoms with Gasteiger partial charge in [-0.1, -0.05) is 28.1 Å². The zero-order valence-corrected chi connectivity index (χ0v) is 14.9. The Bertz CT molecular complexity index is 658. The van der Waals surface area contributed by atoms with E-state index in [1.165, 1.54) is 11.3 Å². The van der Waals surface area contributed by atoms with E-state index in [4.69, 9.17) is 0 Å². The first-order chi connectivity index (χ1) is 9.02. The van der Waals surface area contributed by atoms with Crippen LogP contribution in [0.1, 0.15) is 21.8 Å². The van der Waals surface area contributed by atoms with Crippen LogP contribution in [0.5, 0.6) is 0 Å². The quantitative estimate of drug-likeness (QED) is 0.562. The Morgan fingerprint density at radius 2 is 1.84 bits per heavy atom. The maximum Gasteiger partial charge on any atom is 0.186 e. The average molecular weight is 464 g/mol. The SMILES string of the molecule is N#CC(C(=O)c1cc(Br)sc1Br)c1ccc(Br)cc1. The van der Waals surface area contributed by atoms with Crippen molar-refractivity contribution in [2.75, 3.05) is 0 Å². The van der Waals surface area contributed by atoms with E-state index in [-0.39, 0.29) is 5.78 Å². The van der Waals surface area contributed by atoms with Crippen molar-refractivity contribution in [1.29, 1.82) is 5.26 Å². The minimum atomic E-state index is -0.786. The second-order valence-electron chi connectivity index (χ2n) is 3.72. The first-order valence-corrected chi connectivity index (χ1v) is 8.36. The molecule has 19 heavy (non-hydrogen) atoms. The number of benzene rings is 1. The lowest BCUT2D eigenvalue weighted by molar-refractivity contribution is 0.0978. The normalized spacial score (nSPS) is 11.9. The van der Waals surface area contributed by atoms with Crippen molar-refractivity contribution in [3.8, 4) is 6.07 Å². The fourth-order valence-corrected chi connectivity index (χ4v) is 4.68. The summed E-state index contributed by atoms with van der Waals surface area (Å²) < 4.78 is 2.51. The molecule has 0 N–H and O–H groups in total. The number of hydrogen-bond acceptors (Lipinski definition) is 3. The van der Waals surface area contributed by atoms with Gasteiger partial charge in [-0.3, -0.25) is 4.79 Å². The Labute approximate surface area is 139 Å². The molecule has 0 fully saturated rings. The van der Waals surface area contributed by atoms with Crippen molar-refractivity contribution in [2.45, 2.75) is 5.92 Å². The van der Waals surface area contributed by atoms with E-state index >= 15 is 0 Å². The third-order valence-electron chi connectivity index (χ3n) is 2.52. The number of ketones is 1. The predicted octanol–water partition coefficient (Wildman–Crippen LogP) is 5.53. The molecule has 0 aliphatic heterocycles. The molecule has 0 spiro atoms. The fraction of sp³-hybridized carbons (Fsp3) is 0.0769. The van der Waals surface area contributed by atoms with Gasteiger partial charge in [0, 0.05) is 10.0 Å². The van der Waals surface area contributed by atoms with Gasteiger partial charge < -0.3 is 0 Å². The molecule has 1 atom stereocenters. The standard InChI is InChI=1S/C13H6Br3NOS/c14-8-3-1-7(2-4-8)10(6-17)12(18)9-5-11(15)19-13(9)16/h1-5,10H. The van der Waals surface area contributed by atoms with Crippen LogP contribution >= 0.6 is 59.1 Å². The van der Waals surface area contributed by atoms with Crippen molar-refractivity contribution in [2.24, 2.45) is 0 Å². The molecular formula is C13H6Br3NOS. The zero-order valence-electron chi connectivity index (χ0n) is 9.36. The summed E-state index contributed by atoms with van der Waals surface area (Å²) in [7, 11) is 0. The molecule has 6 heteroatoms. The Morgan fingerprint density at radius 3 is 2.32 bits per heavy atom. The molecule has 0 saturated heterocycles. The molecule has 1 unspecified atom stereocenters. The molecule has 1 aromatic carbocycles. The summed E-state index contributed by atoms with van der Waals surface area (Å²) in [5, 5.41) is 9.27. The first kappa shape index (κ1) is 14.9. The summed E-state index contributed by atoms with van der Waals surface area (Å²) in [5.74, 6) is -0.982. The van der Waals surface area contributed by atoms with Gasteiger partial charge >= 0.3 is 0 Å². The van der Waals surface area contributed by atoms with Gasteiger partial charge in [0.2, 0.25) is 0 Å². The molecule has 0 aliphatic carbocycles. The van der Waals surface area contributed by atoms with E-state index in [2.05, 4.69) is 53.9 Å². The molecular weight excluding hydrogens is 458 g/mol. The van der Waals surface area contributed by atoms with E-state index in [0.717, 1.165) is 12.0 Å². The Balaban J connectivity index is 2.38. The molecule has 0 radical (unpaired) electrons. The fourth-order valence-electron chi connectivity index (χ4n) is 1.60. The molecule has 1 heterocycles. The van der Waals surface area contributed by atoms with E-state index in [1.54, 1.807) is 18.2 Å². The van der Waals surface area contributed by atoms with Crippen molar-refractivity contribution >= 4 is 64.9 Å². The lowest BCUT2D eigenvalue weighted by Crippen LogP contribution is -2.10. The second-order valence-corrected chi connectivity index (χ2v) is 8.38. The van der Waals surface area contributed by atoms with Crippen LogP contribution in [-0.4, -0.2) is 5.78 Å². The van der Waals surface area contributed by atoms with Crippen LogP contribution in [0.2, 0.25) is 0 Å². The minimum Gasteiger partial charge on any atom is -0.292 e. The van der Waals surface area contributed by atoms with Gasteiger partial charge in [-0.2, -0.15) is 5.26 Å². The van der Waals surface area contributed by atoms with Gasteiger partial charge in [-0.15, -0.1) is 11.3 Å². The molecule has 0 amide bonds. The van der Waals surface area contributed by atoms with Crippen LogP contribution < -0.4 is 0 Å². The van der Waals surface area contributed by atoms with Crippen molar-refractivity contribution in [3.05, 3.63) is 53.5 Å². The first-order valence-electron chi connectivity index (χ1n) is 5.17. The number of rotatable bonds is 3. The maximum absolute atomic E-state index is 12.4. The zero-order chi connectivity index (χ0) is 14.0. The summed E-state index contributed by atoms with van der Waals surface area (Å²) in [6.07, 6.45) is 0. The maximum atomic E-state index is 12.4. The van der Waals surface area contributed by atoms with E-state index in [1.807, 2.05) is 12.1 Å². The highest BCUT2D eigenvalue weighted by molar-refractivity contribution is 9.12.